The largest absolute Gasteiger partial charge is 0.325 e. The number of carbonyl (C=O) groups is 1. The predicted molar refractivity (Wildman–Crippen MR) is 115 cm³/mol. The van der Waals surface area contributed by atoms with E-state index >= 15 is 0 Å². The van der Waals surface area contributed by atoms with Crippen LogP contribution in [-0.2, 0) is 4.79 Å². The summed E-state index contributed by atoms with van der Waals surface area (Å²) >= 11 is 1.45. The summed E-state index contributed by atoms with van der Waals surface area (Å²) in [6.07, 6.45) is 0.696. The highest BCUT2D eigenvalue weighted by atomic mass is 32.2. The van der Waals surface area contributed by atoms with Gasteiger partial charge in [-0.25, -0.2) is 0 Å². The summed E-state index contributed by atoms with van der Waals surface area (Å²) in [7, 11) is 0. The van der Waals surface area contributed by atoms with Crippen molar-refractivity contribution in [2.75, 3.05) is 5.32 Å². The van der Waals surface area contributed by atoms with E-state index < -0.39 is 0 Å². The van der Waals surface area contributed by atoms with Gasteiger partial charge in [-0.3, -0.25) is 9.20 Å². The number of nitrogens with one attached hydrogen (secondary N) is 1. The molecule has 0 fully saturated rings. The molecule has 1 unspecified atom stereocenters. The van der Waals surface area contributed by atoms with Gasteiger partial charge in [0.2, 0.25) is 5.91 Å². The van der Waals surface area contributed by atoms with Crippen molar-refractivity contribution in [3.63, 3.8) is 0 Å². The lowest BCUT2D eigenvalue weighted by atomic mass is 10.1. The molecule has 0 saturated carbocycles. The van der Waals surface area contributed by atoms with Crippen LogP contribution in [0.25, 0.3) is 16.6 Å². The SMILES string of the molecule is CCC(Sc1nnc2ccc3ccccc3n12)C(=O)Nc1ccc(C)cc1C. The van der Waals surface area contributed by atoms with E-state index in [0.717, 1.165) is 33.0 Å². The van der Waals surface area contributed by atoms with Crippen LogP contribution in [-0.4, -0.2) is 25.8 Å². The van der Waals surface area contributed by atoms with Crippen LogP contribution in [0.3, 0.4) is 0 Å². The molecule has 0 saturated heterocycles. The fraction of sp³-hybridized carbons (Fsp3) is 0.227. The number of aryl methyl sites for hydroxylation is 2. The monoisotopic (exact) mass is 390 g/mol. The van der Waals surface area contributed by atoms with E-state index in [1.165, 1.54) is 17.3 Å². The number of amides is 1. The van der Waals surface area contributed by atoms with Crippen LogP contribution in [0.2, 0.25) is 0 Å². The van der Waals surface area contributed by atoms with Gasteiger partial charge in [-0.1, -0.05) is 54.6 Å². The van der Waals surface area contributed by atoms with E-state index in [9.17, 15) is 4.79 Å². The maximum absolute atomic E-state index is 12.9. The lowest BCUT2D eigenvalue weighted by Gasteiger charge is -2.15. The fourth-order valence-corrected chi connectivity index (χ4v) is 4.28. The van der Waals surface area contributed by atoms with Crippen LogP contribution in [0, 0.1) is 13.8 Å². The highest BCUT2D eigenvalue weighted by Gasteiger charge is 2.22. The standard InChI is InChI=1S/C22H22N4OS/c1-4-19(21(27)23-17-11-9-14(2)13-15(17)3)28-22-25-24-20-12-10-16-7-5-6-8-18(16)26(20)22/h5-13,19H,4H2,1-3H3,(H,23,27). The van der Waals surface area contributed by atoms with Gasteiger partial charge < -0.3 is 5.32 Å². The molecule has 0 spiro atoms. The van der Waals surface area contributed by atoms with E-state index in [0.29, 0.717) is 6.42 Å². The van der Waals surface area contributed by atoms with Gasteiger partial charge in [-0.2, -0.15) is 0 Å². The van der Waals surface area contributed by atoms with Crippen molar-refractivity contribution in [2.45, 2.75) is 37.6 Å². The lowest BCUT2D eigenvalue weighted by Crippen LogP contribution is -2.25. The molecular formula is C22H22N4OS. The summed E-state index contributed by atoms with van der Waals surface area (Å²) in [6.45, 7) is 6.07. The number of thioether (sulfide) groups is 1. The zero-order chi connectivity index (χ0) is 19.7. The summed E-state index contributed by atoms with van der Waals surface area (Å²) < 4.78 is 2.02. The van der Waals surface area contributed by atoms with Gasteiger partial charge in [0.25, 0.3) is 0 Å². The van der Waals surface area contributed by atoms with E-state index in [4.69, 9.17) is 0 Å². The van der Waals surface area contributed by atoms with Crippen LogP contribution < -0.4 is 5.32 Å². The maximum atomic E-state index is 12.9. The summed E-state index contributed by atoms with van der Waals surface area (Å²) in [5.41, 5.74) is 4.92. The molecule has 1 amide bonds. The molecule has 2 heterocycles. The van der Waals surface area contributed by atoms with E-state index in [2.05, 4.69) is 27.6 Å². The molecule has 28 heavy (non-hydrogen) atoms. The van der Waals surface area contributed by atoms with Gasteiger partial charge in [0.1, 0.15) is 0 Å². The first-order valence-corrected chi connectivity index (χ1v) is 10.2. The van der Waals surface area contributed by atoms with E-state index in [1.807, 2.05) is 67.6 Å². The molecule has 0 aliphatic rings. The number of pyridine rings is 1. The van der Waals surface area contributed by atoms with E-state index in [-0.39, 0.29) is 11.2 Å². The first kappa shape index (κ1) is 18.5. The molecule has 0 bridgehead atoms. The minimum Gasteiger partial charge on any atom is -0.325 e. The number of aromatic nitrogens is 3. The quantitative estimate of drug-likeness (QED) is 0.487. The number of rotatable bonds is 5. The summed E-state index contributed by atoms with van der Waals surface area (Å²) in [6, 6.07) is 18.2. The van der Waals surface area contributed by atoms with Crippen LogP contribution in [0.4, 0.5) is 5.69 Å². The van der Waals surface area contributed by atoms with Gasteiger partial charge in [0, 0.05) is 5.69 Å². The smallest absolute Gasteiger partial charge is 0.237 e. The Morgan fingerprint density at radius 3 is 2.71 bits per heavy atom. The van der Waals surface area contributed by atoms with Crippen LogP contribution in [0.1, 0.15) is 24.5 Å². The minimum absolute atomic E-state index is 0.0172. The molecule has 0 radical (unpaired) electrons. The van der Waals surface area contributed by atoms with Crippen molar-refractivity contribution in [1.82, 2.24) is 14.6 Å². The second-order valence-electron chi connectivity index (χ2n) is 6.89. The lowest BCUT2D eigenvalue weighted by molar-refractivity contribution is -0.115. The van der Waals surface area contributed by atoms with Crippen molar-refractivity contribution in [3.8, 4) is 0 Å². The number of anilines is 1. The van der Waals surface area contributed by atoms with Gasteiger partial charge in [-0.15, -0.1) is 10.2 Å². The highest BCUT2D eigenvalue weighted by molar-refractivity contribution is 8.00. The molecular weight excluding hydrogens is 368 g/mol. The van der Waals surface area contributed by atoms with Gasteiger partial charge in [-0.05, 0) is 55.5 Å². The number of nitrogens with zero attached hydrogens (tertiary/aromatic N) is 3. The fourth-order valence-electron chi connectivity index (χ4n) is 3.31. The Morgan fingerprint density at radius 1 is 1.11 bits per heavy atom. The average Bonchev–Trinajstić information content (AvgIpc) is 3.11. The van der Waals surface area contributed by atoms with Gasteiger partial charge in [0.15, 0.2) is 10.8 Å². The number of benzene rings is 2. The number of fused-ring (bicyclic) bond motifs is 3. The third kappa shape index (κ3) is 3.47. The van der Waals surface area contributed by atoms with Gasteiger partial charge >= 0.3 is 0 Å². The first-order chi connectivity index (χ1) is 13.6. The van der Waals surface area contributed by atoms with Crippen molar-refractivity contribution in [1.29, 1.82) is 0 Å². The number of hydrogen-bond acceptors (Lipinski definition) is 4. The molecule has 142 valence electrons. The Morgan fingerprint density at radius 2 is 1.93 bits per heavy atom. The average molecular weight is 391 g/mol. The number of para-hydroxylation sites is 1. The maximum Gasteiger partial charge on any atom is 0.237 e. The number of hydrogen-bond donors (Lipinski definition) is 1. The number of carbonyl (C=O) groups excluding carboxylic acids is 1. The minimum atomic E-state index is -0.257. The zero-order valence-electron chi connectivity index (χ0n) is 16.1. The highest BCUT2D eigenvalue weighted by Crippen LogP contribution is 2.28. The Kier molecular flexibility index (Phi) is 5.05. The zero-order valence-corrected chi connectivity index (χ0v) is 17.0. The Bertz CT molecular complexity index is 1170. The van der Waals surface area contributed by atoms with E-state index in [1.54, 1.807) is 0 Å². The Hall–Kier alpha value is -2.86. The van der Waals surface area contributed by atoms with Crippen LogP contribution in [0.15, 0.2) is 59.8 Å². The van der Waals surface area contributed by atoms with Crippen LogP contribution >= 0.6 is 11.8 Å². The third-order valence-corrected chi connectivity index (χ3v) is 6.11. The molecule has 0 aliphatic carbocycles. The second-order valence-corrected chi connectivity index (χ2v) is 8.06. The van der Waals surface area contributed by atoms with Gasteiger partial charge in [0.05, 0.1) is 10.8 Å². The molecule has 5 nitrogen and oxygen atoms in total. The molecule has 4 rings (SSSR count). The Balaban J connectivity index is 1.63. The third-order valence-electron chi connectivity index (χ3n) is 4.80. The van der Waals surface area contributed by atoms with Crippen molar-refractivity contribution >= 4 is 39.9 Å². The molecule has 0 aliphatic heterocycles. The summed E-state index contributed by atoms with van der Waals surface area (Å²) in [5.74, 6) is -0.0172. The van der Waals surface area contributed by atoms with Crippen molar-refractivity contribution in [3.05, 3.63) is 65.7 Å². The second kappa shape index (κ2) is 7.64. The summed E-state index contributed by atoms with van der Waals surface area (Å²) in [4.78, 5) is 12.9. The summed E-state index contributed by atoms with van der Waals surface area (Å²) in [5, 5.41) is 13.3. The topological polar surface area (TPSA) is 59.3 Å². The Labute approximate surface area is 168 Å². The van der Waals surface area contributed by atoms with Crippen molar-refractivity contribution < 1.29 is 4.79 Å². The molecule has 1 atom stereocenters. The predicted octanol–water partition coefficient (Wildman–Crippen LogP) is 5.01. The normalized spacial score (nSPS) is 12.4. The molecule has 2 aromatic heterocycles. The van der Waals surface area contributed by atoms with Crippen molar-refractivity contribution in [2.24, 2.45) is 0 Å². The first-order valence-electron chi connectivity index (χ1n) is 9.34. The molecule has 2 aromatic carbocycles. The molecule has 4 aromatic rings. The van der Waals surface area contributed by atoms with Crippen LogP contribution in [0.5, 0.6) is 0 Å². The molecule has 6 heteroatoms. The molecule has 1 N–H and O–H groups in total.